The lowest BCUT2D eigenvalue weighted by Gasteiger charge is -2.18. The summed E-state index contributed by atoms with van der Waals surface area (Å²) in [6, 6.07) is 5.18. The number of nitrogens with one attached hydrogen (secondary N) is 1. The maximum atomic E-state index is 11.0. The van der Waals surface area contributed by atoms with Gasteiger partial charge >= 0.3 is 0 Å². The van der Waals surface area contributed by atoms with Crippen LogP contribution in [0.2, 0.25) is 0 Å². The molecule has 0 amide bonds. The van der Waals surface area contributed by atoms with Crippen LogP contribution in [-0.4, -0.2) is 38.5 Å². The van der Waals surface area contributed by atoms with Crippen molar-refractivity contribution in [3.05, 3.63) is 35.5 Å². The van der Waals surface area contributed by atoms with Crippen LogP contribution in [0, 0.1) is 0 Å². The third-order valence-corrected chi connectivity index (χ3v) is 3.95. The molecule has 0 spiro atoms. The van der Waals surface area contributed by atoms with Crippen LogP contribution < -0.4 is 0 Å². The fourth-order valence-electron chi connectivity index (χ4n) is 2.08. The molecule has 5 nitrogen and oxygen atoms in total. The fourth-order valence-corrected chi connectivity index (χ4v) is 2.67. The molecule has 0 saturated heterocycles. The van der Waals surface area contributed by atoms with Gasteiger partial charge in [-0.25, -0.2) is 0 Å². The SMILES string of the molecule is CC(=O)SCC(O)C(O)c1cccc2[nH]cc(C=O)c12. The molecule has 2 rings (SSSR count). The Hall–Kier alpha value is -1.63. The first-order chi connectivity index (χ1) is 9.54. The van der Waals surface area contributed by atoms with Crippen molar-refractivity contribution >= 4 is 34.1 Å². The summed E-state index contributed by atoms with van der Waals surface area (Å²) >= 11 is 0.954. The van der Waals surface area contributed by atoms with Crippen LogP contribution >= 0.6 is 11.8 Å². The van der Waals surface area contributed by atoms with Crippen molar-refractivity contribution in [3.8, 4) is 0 Å². The molecule has 3 N–H and O–H groups in total. The normalized spacial score (nSPS) is 14.2. The van der Waals surface area contributed by atoms with Gasteiger partial charge in [-0.2, -0.15) is 0 Å². The molecule has 1 heterocycles. The van der Waals surface area contributed by atoms with E-state index in [4.69, 9.17) is 0 Å². The third-order valence-electron chi connectivity index (χ3n) is 3.04. The number of aliphatic hydroxyl groups excluding tert-OH is 2. The van der Waals surface area contributed by atoms with Gasteiger partial charge in [0, 0.05) is 35.3 Å². The van der Waals surface area contributed by atoms with Crippen LogP contribution in [0.3, 0.4) is 0 Å². The van der Waals surface area contributed by atoms with Gasteiger partial charge in [-0.3, -0.25) is 9.59 Å². The summed E-state index contributed by atoms with van der Waals surface area (Å²) in [5.41, 5.74) is 1.62. The monoisotopic (exact) mass is 293 g/mol. The second-order valence-electron chi connectivity index (χ2n) is 4.45. The second kappa shape index (κ2) is 6.21. The molecule has 2 atom stereocenters. The molecular formula is C14H15NO4S. The van der Waals surface area contributed by atoms with Crippen LogP contribution in [0.25, 0.3) is 10.9 Å². The zero-order valence-corrected chi connectivity index (χ0v) is 11.7. The maximum absolute atomic E-state index is 11.0. The zero-order valence-electron chi connectivity index (χ0n) is 10.9. The van der Waals surface area contributed by atoms with E-state index in [2.05, 4.69) is 4.98 Å². The molecule has 6 heteroatoms. The lowest BCUT2D eigenvalue weighted by atomic mass is 9.99. The van der Waals surface area contributed by atoms with E-state index < -0.39 is 12.2 Å². The van der Waals surface area contributed by atoms with Crippen molar-refractivity contribution in [1.82, 2.24) is 4.98 Å². The summed E-state index contributed by atoms with van der Waals surface area (Å²) in [5.74, 6) is 0.105. The van der Waals surface area contributed by atoms with Crippen LogP contribution in [0.5, 0.6) is 0 Å². The predicted molar refractivity (Wildman–Crippen MR) is 77.8 cm³/mol. The minimum Gasteiger partial charge on any atom is -0.389 e. The average molecular weight is 293 g/mol. The van der Waals surface area contributed by atoms with E-state index in [-0.39, 0.29) is 10.9 Å². The van der Waals surface area contributed by atoms with E-state index in [0.29, 0.717) is 22.8 Å². The Morgan fingerprint density at radius 3 is 2.85 bits per heavy atom. The smallest absolute Gasteiger partial charge is 0.185 e. The third kappa shape index (κ3) is 2.92. The average Bonchev–Trinajstić information content (AvgIpc) is 2.86. The van der Waals surface area contributed by atoms with Crippen molar-refractivity contribution in [2.45, 2.75) is 19.1 Å². The van der Waals surface area contributed by atoms with Gasteiger partial charge in [-0.05, 0) is 11.6 Å². The van der Waals surface area contributed by atoms with Gasteiger partial charge in [0.2, 0.25) is 0 Å². The Balaban J connectivity index is 2.33. The summed E-state index contributed by atoms with van der Waals surface area (Å²) < 4.78 is 0. The Morgan fingerprint density at radius 1 is 1.45 bits per heavy atom. The van der Waals surface area contributed by atoms with Crippen LogP contribution in [0.15, 0.2) is 24.4 Å². The number of aliphatic hydroxyl groups is 2. The molecule has 0 radical (unpaired) electrons. The van der Waals surface area contributed by atoms with Crippen LogP contribution in [0.1, 0.15) is 28.9 Å². The Labute approximate surface area is 120 Å². The van der Waals surface area contributed by atoms with E-state index >= 15 is 0 Å². The number of hydrogen-bond acceptors (Lipinski definition) is 5. The molecule has 0 saturated carbocycles. The number of hydrogen-bond donors (Lipinski definition) is 3. The zero-order chi connectivity index (χ0) is 14.7. The van der Waals surface area contributed by atoms with Crippen molar-refractivity contribution in [2.75, 3.05) is 5.75 Å². The first-order valence-electron chi connectivity index (χ1n) is 6.09. The van der Waals surface area contributed by atoms with Crippen molar-refractivity contribution in [3.63, 3.8) is 0 Å². The standard InChI is InChI=1S/C14H15NO4S/c1-8(17)20-7-12(18)14(19)10-3-2-4-11-13(10)9(6-16)5-15-11/h2-6,12,14-15,18-19H,7H2,1H3. The van der Waals surface area contributed by atoms with Gasteiger partial charge in [0.1, 0.15) is 6.10 Å². The molecule has 2 unspecified atom stereocenters. The molecule has 0 fully saturated rings. The highest BCUT2D eigenvalue weighted by molar-refractivity contribution is 8.13. The number of benzene rings is 1. The van der Waals surface area contributed by atoms with Crippen molar-refractivity contribution < 1.29 is 19.8 Å². The molecule has 0 aliphatic carbocycles. The second-order valence-corrected chi connectivity index (χ2v) is 5.64. The molecular weight excluding hydrogens is 278 g/mol. The largest absolute Gasteiger partial charge is 0.389 e. The molecule has 1 aromatic heterocycles. The number of carbonyl (C=O) groups excluding carboxylic acids is 2. The molecule has 2 aromatic rings. The number of aromatic nitrogens is 1. The summed E-state index contributed by atoms with van der Waals surface area (Å²) in [6.45, 7) is 1.40. The maximum Gasteiger partial charge on any atom is 0.185 e. The summed E-state index contributed by atoms with van der Waals surface area (Å²) in [6.07, 6.45) is 0.0278. The topological polar surface area (TPSA) is 90.4 Å². The molecule has 0 bridgehead atoms. The number of aromatic amines is 1. The Bertz CT molecular complexity index is 637. The highest BCUT2D eigenvalue weighted by Crippen LogP contribution is 2.29. The predicted octanol–water partition coefficient (Wildman–Crippen LogP) is 1.65. The minimum absolute atomic E-state index is 0.105. The van der Waals surface area contributed by atoms with Gasteiger partial charge in [-0.15, -0.1) is 0 Å². The van der Waals surface area contributed by atoms with E-state index in [1.807, 2.05) is 0 Å². The Kier molecular flexibility index (Phi) is 4.59. The number of H-pyrrole nitrogens is 1. The number of thioether (sulfide) groups is 1. The van der Waals surface area contributed by atoms with Gasteiger partial charge in [0.25, 0.3) is 0 Å². The van der Waals surface area contributed by atoms with E-state index in [1.165, 1.54) is 6.92 Å². The van der Waals surface area contributed by atoms with Gasteiger partial charge in [-0.1, -0.05) is 23.9 Å². The number of aldehydes is 1. The van der Waals surface area contributed by atoms with Gasteiger partial charge in [0.05, 0.1) is 6.10 Å². The summed E-state index contributed by atoms with van der Waals surface area (Å²) in [5, 5.41) is 20.7. The first kappa shape index (κ1) is 14.8. The molecule has 20 heavy (non-hydrogen) atoms. The van der Waals surface area contributed by atoms with Crippen LogP contribution in [-0.2, 0) is 4.79 Å². The molecule has 0 aliphatic heterocycles. The molecule has 1 aromatic carbocycles. The highest BCUT2D eigenvalue weighted by atomic mass is 32.2. The Morgan fingerprint density at radius 2 is 2.20 bits per heavy atom. The summed E-state index contributed by atoms with van der Waals surface area (Å²) in [4.78, 5) is 24.9. The minimum atomic E-state index is -1.15. The first-order valence-corrected chi connectivity index (χ1v) is 7.07. The number of fused-ring (bicyclic) bond motifs is 1. The van der Waals surface area contributed by atoms with Gasteiger partial charge < -0.3 is 15.2 Å². The lowest BCUT2D eigenvalue weighted by molar-refractivity contribution is -0.109. The number of carbonyl (C=O) groups is 2. The fraction of sp³-hybridized carbons (Fsp3) is 0.286. The van der Waals surface area contributed by atoms with Crippen molar-refractivity contribution in [1.29, 1.82) is 0 Å². The van der Waals surface area contributed by atoms with Crippen molar-refractivity contribution in [2.24, 2.45) is 0 Å². The molecule has 0 aliphatic rings. The van der Waals surface area contributed by atoms with Crippen LogP contribution in [0.4, 0.5) is 0 Å². The number of rotatable bonds is 5. The van der Waals surface area contributed by atoms with E-state index in [0.717, 1.165) is 17.3 Å². The molecule has 106 valence electrons. The summed E-state index contributed by atoms with van der Waals surface area (Å²) in [7, 11) is 0. The highest BCUT2D eigenvalue weighted by Gasteiger charge is 2.22. The lowest BCUT2D eigenvalue weighted by Crippen LogP contribution is -2.21. The quantitative estimate of drug-likeness (QED) is 0.729. The van der Waals surface area contributed by atoms with E-state index in [1.54, 1.807) is 24.4 Å². The van der Waals surface area contributed by atoms with E-state index in [9.17, 15) is 19.8 Å². The van der Waals surface area contributed by atoms with Gasteiger partial charge in [0.15, 0.2) is 11.4 Å².